The van der Waals surface area contributed by atoms with Crippen molar-refractivity contribution in [1.29, 1.82) is 0 Å². The van der Waals surface area contributed by atoms with E-state index in [-0.39, 0.29) is 23.0 Å². The van der Waals surface area contributed by atoms with Crippen LogP contribution in [0.25, 0.3) is 0 Å². The van der Waals surface area contributed by atoms with Gasteiger partial charge in [0.05, 0.1) is 13.2 Å². The van der Waals surface area contributed by atoms with Crippen molar-refractivity contribution in [2.75, 3.05) is 13.2 Å². The predicted octanol–water partition coefficient (Wildman–Crippen LogP) is 4.24. The van der Waals surface area contributed by atoms with E-state index in [9.17, 15) is 10.2 Å². The molecule has 0 saturated carbocycles. The zero-order valence-corrected chi connectivity index (χ0v) is 12.5. The molecule has 0 atom stereocenters. The number of aromatic hydroxyl groups is 2. The fourth-order valence-corrected chi connectivity index (χ4v) is 1.87. The van der Waals surface area contributed by atoms with Crippen LogP contribution in [-0.2, 0) is 0 Å². The summed E-state index contributed by atoms with van der Waals surface area (Å²) in [5, 5.41) is 19.7. The minimum atomic E-state index is 0.00444. The minimum Gasteiger partial charge on any atom is -0.504 e. The first-order chi connectivity index (χ1) is 9.70. The van der Waals surface area contributed by atoms with E-state index < -0.39 is 0 Å². The Morgan fingerprint density at radius 2 is 1.15 bits per heavy atom. The van der Waals surface area contributed by atoms with Crippen LogP contribution in [0.3, 0.4) is 0 Å². The monoisotopic (exact) mass is 282 g/mol. The summed E-state index contributed by atoms with van der Waals surface area (Å²) in [7, 11) is 0. The Hall–Kier alpha value is -1.58. The first kappa shape index (κ1) is 16.5. The summed E-state index contributed by atoms with van der Waals surface area (Å²) in [5.74, 6) is 0.504. The highest BCUT2D eigenvalue weighted by molar-refractivity contribution is 5.57. The second-order valence-electron chi connectivity index (χ2n) is 4.87. The molecule has 0 aliphatic carbocycles. The van der Waals surface area contributed by atoms with E-state index in [1.807, 2.05) is 0 Å². The second kappa shape index (κ2) is 9.34. The number of hydrogen-bond acceptors (Lipinski definition) is 4. The summed E-state index contributed by atoms with van der Waals surface area (Å²) in [4.78, 5) is 0. The van der Waals surface area contributed by atoms with Crippen LogP contribution in [0.4, 0.5) is 0 Å². The molecule has 0 aliphatic heterocycles. The Labute approximate surface area is 121 Å². The van der Waals surface area contributed by atoms with Crippen LogP contribution in [0, 0.1) is 0 Å². The number of ether oxygens (including phenoxy) is 2. The van der Waals surface area contributed by atoms with Crippen LogP contribution >= 0.6 is 0 Å². The zero-order valence-electron chi connectivity index (χ0n) is 12.5. The average molecular weight is 282 g/mol. The lowest BCUT2D eigenvalue weighted by molar-refractivity contribution is 0.241. The molecule has 2 N–H and O–H groups in total. The van der Waals surface area contributed by atoms with E-state index >= 15 is 0 Å². The lowest BCUT2D eigenvalue weighted by atomic mass is 10.2. The summed E-state index contributed by atoms with van der Waals surface area (Å²) in [6.45, 7) is 5.26. The fraction of sp³-hybridized carbons (Fsp3) is 0.625. The van der Waals surface area contributed by atoms with Crippen molar-refractivity contribution >= 4 is 0 Å². The first-order valence-electron chi connectivity index (χ1n) is 7.51. The van der Waals surface area contributed by atoms with Gasteiger partial charge in [-0.2, -0.15) is 0 Å². The van der Waals surface area contributed by atoms with Gasteiger partial charge in [0.25, 0.3) is 0 Å². The van der Waals surface area contributed by atoms with Gasteiger partial charge in [0.1, 0.15) is 0 Å². The largest absolute Gasteiger partial charge is 0.504 e. The van der Waals surface area contributed by atoms with Crippen LogP contribution in [0.15, 0.2) is 12.1 Å². The number of hydrogen-bond donors (Lipinski definition) is 2. The Bertz CT molecular complexity index is 353. The second-order valence-corrected chi connectivity index (χ2v) is 4.87. The van der Waals surface area contributed by atoms with Crippen molar-refractivity contribution in [3.8, 4) is 23.0 Å². The Morgan fingerprint density at radius 1 is 0.750 bits per heavy atom. The normalized spacial score (nSPS) is 10.5. The van der Waals surface area contributed by atoms with Crippen molar-refractivity contribution in [3.05, 3.63) is 12.1 Å². The lowest BCUT2D eigenvalue weighted by Crippen LogP contribution is -2.03. The van der Waals surface area contributed by atoms with Crippen LogP contribution in [0.5, 0.6) is 23.0 Å². The van der Waals surface area contributed by atoms with E-state index in [1.165, 1.54) is 12.1 Å². The molecule has 0 aliphatic rings. The zero-order chi connectivity index (χ0) is 14.8. The number of benzene rings is 1. The van der Waals surface area contributed by atoms with Crippen LogP contribution in [0.1, 0.15) is 52.4 Å². The molecule has 1 rings (SSSR count). The summed E-state index contributed by atoms with van der Waals surface area (Å²) >= 11 is 0. The van der Waals surface area contributed by atoms with Crippen molar-refractivity contribution in [1.82, 2.24) is 0 Å². The maximum atomic E-state index is 9.86. The summed E-state index contributed by atoms with van der Waals surface area (Å²) < 4.78 is 11.1. The lowest BCUT2D eigenvalue weighted by Gasteiger charge is -2.15. The molecule has 0 amide bonds. The van der Waals surface area contributed by atoms with E-state index in [2.05, 4.69) is 13.8 Å². The van der Waals surface area contributed by atoms with Crippen LogP contribution in [0.2, 0.25) is 0 Å². The molecule has 0 saturated heterocycles. The minimum absolute atomic E-state index is 0.00444. The van der Waals surface area contributed by atoms with Gasteiger partial charge in [-0.3, -0.25) is 0 Å². The van der Waals surface area contributed by atoms with Crippen molar-refractivity contribution in [3.63, 3.8) is 0 Å². The molecule has 1 aromatic carbocycles. The smallest absolute Gasteiger partial charge is 0.207 e. The molecule has 0 radical (unpaired) electrons. The third kappa shape index (κ3) is 5.19. The highest BCUT2D eigenvalue weighted by atomic mass is 16.5. The number of unbranched alkanes of at least 4 members (excludes halogenated alkanes) is 4. The Morgan fingerprint density at radius 3 is 1.50 bits per heavy atom. The molecule has 0 spiro atoms. The molecule has 4 nitrogen and oxygen atoms in total. The molecular weight excluding hydrogens is 256 g/mol. The molecule has 114 valence electrons. The highest BCUT2D eigenvalue weighted by Gasteiger charge is 2.15. The van der Waals surface area contributed by atoms with E-state index in [0.29, 0.717) is 13.2 Å². The Kier molecular flexibility index (Phi) is 7.70. The number of phenols is 2. The van der Waals surface area contributed by atoms with Gasteiger partial charge in [-0.1, -0.05) is 39.5 Å². The quantitative estimate of drug-likeness (QED) is 0.498. The van der Waals surface area contributed by atoms with Gasteiger partial charge >= 0.3 is 0 Å². The molecule has 0 fully saturated rings. The molecule has 20 heavy (non-hydrogen) atoms. The molecule has 0 unspecified atom stereocenters. The van der Waals surface area contributed by atoms with Gasteiger partial charge in [-0.15, -0.1) is 0 Å². The SMILES string of the molecule is CCCCCOc1c(O)ccc(O)c1OCCCCC. The van der Waals surface area contributed by atoms with E-state index in [4.69, 9.17) is 9.47 Å². The molecule has 0 heterocycles. The maximum Gasteiger partial charge on any atom is 0.207 e. The van der Waals surface area contributed by atoms with Gasteiger partial charge < -0.3 is 19.7 Å². The van der Waals surface area contributed by atoms with E-state index in [1.54, 1.807) is 0 Å². The van der Waals surface area contributed by atoms with Gasteiger partial charge in [0.2, 0.25) is 11.5 Å². The summed E-state index contributed by atoms with van der Waals surface area (Å²) in [6.07, 6.45) is 6.20. The van der Waals surface area contributed by atoms with Gasteiger partial charge in [0, 0.05) is 0 Å². The number of rotatable bonds is 10. The third-order valence-electron chi connectivity index (χ3n) is 3.06. The molecule has 0 bridgehead atoms. The molecule has 0 aromatic heterocycles. The number of phenolic OH excluding ortho intramolecular Hbond substituents is 2. The standard InChI is InChI=1S/C16H26O4/c1-3-5-7-11-19-15-13(17)9-10-14(18)16(15)20-12-8-6-4-2/h9-10,17-18H,3-8,11-12H2,1-2H3. The average Bonchev–Trinajstić information content (AvgIpc) is 2.45. The van der Waals surface area contributed by atoms with Crippen molar-refractivity contribution < 1.29 is 19.7 Å². The predicted molar refractivity (Wildman–Crippen MR) is 79.8 cm³/mol. The first-order valence-corrected chi connectivity index (χ1v) is 7.51. The van der Waals surface area contributed by atoms with Crippen LogP contribution in [-0.4, -0.2) is 23.4 Å². The summed E-state index contributed by atoms with van der Waals surface area (Å²) in [6, 6.07) is 2.84. The Balaban J connectivity index is 2.66. The van der Waals surface area contributed by atoms with Gasteiger partial charge in [0.15, 0.2) is 11.5 Å². The molecular formula is C16H26O4. The highest BCUT2D eigenvalue weighted by Crippen LogP contribution is 2.43. The van der Waals surface area contributed by atoms with Gasteiger partial charge in [-0.25, -0.2) is 0 Å². The van der Waals surface area contributed by atoms with E-state index in [0.717, 1.165) is 38.5 Å². The van der Waals surface area contributed by atoms with Gasteiger partial charge in [-0.05, 0) is 25.0 Å². The third-order valence-corrected chi connectivity index (χ3v) is 3.06. The maximum absolute atomic E-state index is 9.86. The topological polar surface area (TPSA) is 58.9 Å². The molecule has 1 aromatic rings. The van der Waals surface area contributed by atoms with Crippen molar-refractivity contribution in [2.24, 2.45) is 0 Å². The van der Waals surface area contributed by atoms with Crippen LogP contribution < -0.4 is 9.47 Å². The van der Waals surface area contributed by atoms with Crippen molar-refractivity contribution in [2.45, 2.75) is 52.4 Å². The molecule has 4 heteroatoms. The summed E-state index contributed by atoms with van der Waals surface area (Å²) in [5.41, 5.74) is 0. The fourth-order valence-electron chi connectivity index (χ4n) is 1.87.